The van der Waals surface area contributed by atoms with Crippen molar-refractivity contribution in [3.8, 4) is 5.69 Å². The van der Waals surface area contributed by atoms with Gasteiger partial charge in [0.1, 0.15) is 11.6 Å². The average Bonchev–Trinajstić information content (AvgIpc) is 3.18. The molecule has 4 aromatic rings. The summed E-state index contributed by atoms with van der Waals surface area (Å²) in [5, 5.41) is 10.5. The van der Waals surface area contributed by atoms with Crippen molar-refractivity contribution in [3.05, 3.63) is 107 Å². The van der Waals surface area contributed by atoms with Crippen molar-refractivity contribution in [3.63, 3.8) is 0 Å². The Bertz CT molecular complexity index is 1080. The predicted octanol–water partition coefficient (Wildman–Crippen LogP) is 6.79. The van der Waals surface area contributed by atoms with Crippen molar-refractivity contribution in [1.29, 1.82) is 0 Å². The lowest BCUT2D eigenvalue weighted by Crippen LogP contribution is -2.02. The molecule has 0 N–H and O–H groups in total. The van der Waals surface area contributed by atoms with E-state index in [1.165, 1.54) is 17.7 Å². The molecule has 0 aliphatic heterocycles. The Kier molecular flexibility index (Phi) is 7.10. The van der Waals surface area contributed by atoms with Crippen LogP contribution in [-0.4, -0.2) is 14.8 Å². The van der Waals surface area contributed by atoms with Crippen LogP contribution in [0, 0.1) is 5.82 Å². The van der Waals surface area contributed by atoms with Gasteiger partial charge in [-0.15, -0.1) is 22.0 Å². The quantitative estimate of drug-likeness (QED) is 0.274. The molecule has 4 rings (SSSR count). The third kappa shape index (κ3) is 5.45. The van der Waals surface area contributed by atoms with E-state index < -0.39 is 0 Å². The van der Waals surface area contributed by atoms with Crippen LogP contribution in [0.25, 0.3) is 5.69 Å². The Labute approximate surface area is 188 Å². The fourth-order valence-electron chi connectivity index (χ4n) is 2.89. The third-order valence-electron chi connectivity index (χ3n) is 4.41. The minimum Gasteiger partial charge on any atom is -0.273 e. The molecule has 1 aromatic heterocycles. The summed E-state index contributed by atoms with van der Waals surface area (Å²) in [6.07, 6.45) is 0. The van der Waals surface area contributed by atoms with Crippen molar-refractivity contribution in [2.75, 3.05) is 0 Å². The largest absolute Gasteiger partial charge is 0.273 e. The van der Waals surface area contributed by atoms with Gasteiger partial charge in [-0.3, -0.25) is 4.57 Å². The molecule has 0 saturated heterocycles. The number of halogens is 2. The molecule has 0 radical (unpaired) electrons. The lowest BCUT2D eigenvalue weighted by Gasteiger charge is -2.10. The van der Waals surface area contributed by atoms with Crippen LogP contribution in [0.5, 0.6) is 0 Å². The Balaban J connectivity index is 1.49. The highest BCUT2D eigenvalue weighted by Gasteiger charge is 2.14. The molecule has 0 bridgehead atoms. The first-order chi connectivity index (χ1) is 14.7. The first kappa shape index (κ1) is 21.0. The summed E-state index contributed by atoms with van der Waals surface area (Å²) in [4.78, 5) is 0. The lowest BCUT2D eigenvalue weighted by atomic mass is 10.2. The second kappa shape index (κ2) is 10.2. The molecular weight excluding hydrogens is 437 g/mol. The van der Waals surface area contributed by atoms with Gasteiger partial charge in [0.2, 0.25) is 0 Å². The molecule has 0 amide bonds. The highest BCUT2D eigenvalue weighted by atomic mass is 35.5. The maximum Gasteiger partial charge on any atom is 0.196 e. The van der Waals surface area contributed by atoms with E-state index in [4.69, 9.17) is 11.6 Å². The summed E-state index contributed by atoms with van der Waals surface area (Å²) in [5.41, 5.74) is 3.30. The van der Waals surface area contributed by atoms with Crippen molar-refractivity contribution in [1.82, 2.24) is 14.8 Å². The Morgan fingerprint density at radius 2 is 1.43 bits per heavy atom. The number of thioether (sulfide) groups is 2. The van der Waals surface area contributed by atoms with Gasteiger partial charge >= 0.3 is 0 Å². The normalized spacial score (nSPS) is 11.0. The van der Waals surface area contributed by atoms with E-state index >= 15 is 0 Å². The topological polar surface area (TPSA) is 30.7 Å². The van der Waals surface area contributed by atoms with E-state index in [2.05, 4.69) is 26.9 Å². The number of rotatable bonds is 8. The summed E-state index contributed by atoms with van der Waals surface area (Å²) in [6.45, 7) is 0. The average molecular weight is 456 g/mol. The molecule has 1 heterocycles. The van der Waals surface area contributed by atoms with E-state index in [1.807, 2.05) is 42.5 Å². The molecule has 7 heteroatoms. The molecule has 3 nitrogen and oxygen atoms in total. The van der Waals surface area contributed by atoms with Crippen LogP contribution < -0.4 is 0 Å². The molecule has 30 heavy (non-hydrogen) atoms. The number of para-hydroxylation sites is 1. The SMILES string of the molecule is Fc1ccc(CSc2nnc(CSCc3ccc(Cl)cc3)n2-c2ccccc2)cc1. The maximum absolute atomic E-state index is 13.2. The molecule has 0 spiro atoms. The summed E-state index contributed by atoms with van der Waals surface area (Å²) in [6, 6.07) is 24.6. The highest BCUT2D eigenvalue weighted by Crippen LogP contribution is 2.27. The molecule has 0 aliphatic carbocycles. The number of hydrogen-bond acceptors (Lipinski definition) is 4. The Morgan fingerprint density at radius 1 is 0.767 bits per heavy atom. The van der Waals surface area contributed by atoms with Gasteiger partial charge in [-0.1, -0.05) is 65.8 Å². The maximum atomic E-state index is 13.2. The second-order valence-electron chi connectivity index (χ2n) is 6.60. The molecule has 152 valence electrons. The van der Waals surface area contributed by atoms with Gasteiger partial charge in [0, 0.05) is 22.2 Å². The molecule has 0 fully saturated rings. The van der Waals surface area contributed by atoms with Gasteiger partial charge in [-0.05, 0) is 47.5 Å². The molecule has 0 saturated carbocycles. The fraction of sp³-hybridized carbons (Fsp3) is 0.130. The van der Waals surface area contributed by atoms with Crippen LogP contribution in [0.4, 0.5) is 4.39 Å². The van der Waals surface area contributed by atoms with E-state index in [1.54, 1.807) is 35.7 Å². The standard InChI is InChI=1S/C23H19ClFN3S2/c24-19-10-6-17(7-11-19)14-29-16-22-26-27-23(28(22)21-4-2-1-3-5-21)30-15-18-8-12-20(25)13-9-18/h1-13H,14-16H2. The first-order valence-electron chi connectivity index (χ1n) is 9.38. The summed E-state index contributed by atoms with van der Waals surface area (Å²) < 4.78 is 15.3. The van der Waals surface area contributed by atoms with Gasteiger partial charge in [0.05, 0.1) is 5.75 Å². The molecule has 0 aliphatic rings. The number of hydrogen-bond donors (Lipinski definition) is 0. The van der Waals surface area contributed by atoms with Gasteiger partial charge < -0.3 is 0 Å². The van der Waals surface area contributed by atoms with Crippen LogP contribution in [0.1, 0.15) is 17.0 Å². The van der Waals surface area contributed by atoms with Crippen LogP contribution in [0.2, 0.25) is 5.02 Å². The highest BCUT2D eigenvalue weighted by molar-refractivity contribution is 7.98. The predicted molar refractivity (Wildman–Crippen MR) is 124 cm³/mol. The monoisotopic (exact) mass is 455 g/mol. The van der Waals surface area contributed by atoms with E-state index in [9.17, 15) is 4.39 Å². The van der Waals surface area contributed by atoms with E-state index in [0.717, 1.165) is 38.8 Å². The minimum absolute atomic E-state index is 0.226. The van der Waals surface area contributed by atoms with E-state index in [0.29, 0.717) is 5.75 Å². The van der Waals surface area contributed by atoms with Crippen LogP contribution in [-0.2, 0) is 17.3 Å². The van der Waals surface area contributed by atoms with E-state index in [-0.39, 0.29) is 5.82 Å². The zero-order valence-electron chi connectivity index (χ0n) is 16.0. The Morgan fingerprint density at radius 3 is 2.17 bits per heavy atom. The van der Waals surface area contributed by atoms with Gasteiger partial charge in [-0.2, -0.15) is 0 Å². The first-order valence-corrected chi connectivity index (χ1v) is 11.9. The van der Waals surface area contributed by atoms with Crippen molar-refractivity contribution < 1.29 is 4.39 Å². The number of benzene rings is 3. The second-order valence-corrected chi connectivity index (χ2v) is 8.97. The number of aromatic nitrogens is 3. The zero-order chi connectivity index (χ0) is 20.8. The van der Waals surface area contributed by atoms with Crippen LogP contribution in [0.3, 0.4) is 0 Å². The van der Waals surface area contributed by atoms with Crippen molar-refractivity contribution in [2.24, 2.45) is 0 Å². The zero-order valence-corrected chi connectivity index (χ0v) is 18.4. The summed E-state index contributed by atoms with van der Waals surface area (Å²) in [5.74, 6) is 2.99. The van der Waals surface area contributed by atoms with Crippen molar-refractivity contribution >= 4 is 35.1 Å². The van der Waals surface area contributed by atoms with Crippen molar-refractivity contribution in [2.45, 2.75) is 22.4 Å². The van der Waals surface area contributed by atoms with Crippen LogP contribution >= 0.6 is 35.1 Å². The van der Waals surface area contributed by atoms with Gasteiger partial charge in [-0.25, -0.2) is 4.39 Å². The van der Waals surface area contributed by atoms with Gasteiger partial charge in [0.25, 0.3) is 0 Å². The smallest absolute Gasteiger partial charge is 0.196 e. The van der Waals surface area contributed by atoms with Crippen LogP contribution in [0.15, 0.2) is 84.0 Å². The molecule has 3 aromatic carbocycles. The summed E-state index contributed by atoms with van der Waals surface area (Å²) in [7, 11) is 0. The number of nitrogens with zero attached hydrogens (tertiary/aromatic N) is 3. The minimum atomic E-state index is -0.226. The fourth-order valence-corrected chi connectivity index (χ4v) is 4.85. The molecule has 0 unspecified atom stereocenters. The molecular formula is C23H19ClFN3S2. The molecule has 0 atom stereocenters. The Hall–Kier alpha value is -2.28. The summed E-state index contributed by atoms with van der Waals surface area (Å²) >= 11 is 9.35. The van der Waals surface area contributed by atoms with Gasteiger partial charge in [0.15, 0.2) is 5.16 Å². The third-order valence-corrected chi connectivity index (χ3v) is 6.66. The lowest BCUT2D eigenvalue weighted by molar-refractivity contribution is 0.627.